The van der Waals surface area contributed by atoms with Crippen molar-refractivity contribution in [1.29, 1.82) is 0 Å². The highest BCUT2D eigenvalue weighted by Crippen LogP contribution is 2.29. The fourth-order valence-corrected chi connectivity index (χ4v) is 3.55. The zero-order chi connectivity index (χ0) is 22.7. The Hall–Kier alpha value is -3.43. The molecule has 3 aromatic rings. The molecule has 166 valence electrons. The number of ether oxygens (including phenoxy) is 1. The van der Waals surface area contributed by atoms with Gasteiger partial charge >= 0.3 is 0 Å². The van der Waals surface area contributed by atoms with Crippen LogP contribution < -0.4 is 15.5 Å². The number of phenols is 1. The van der Waals surface area contributed by atoms with E-state index in [9.17, 15) is 14.3 Å². The molecular weight excluding hydrogens is 437 g/mol. The van der Waals surface area contributed by atoms with E-state index in [1.165, 1.54) is 36.5 Å². The van der Waals surface area contributed by atoms with Gasteiger partial charge in [-0.25, -0.2) is 9.37 Å². The maximum absolute atomic E-state index is 14.2. The van der Waals surface area contributed by atoms with E-state index < -0.39 is 11.7 Å². The number of rotatable bonds is 6. The number of carbonyl (C=O) groups is 1. The third-order valence-corrected chi connectivity index (χ3v) is 5.32. The van der Waals surface area contributed by atoms with Crippen LogP contribution in [0.3, 0.4) is 0 Å². The molecule has 8 nitrogen and oxygen atoms in total. The summed E-state index contributed by atoms with van der Waals surface area (Å²) in [6, 6.07) is 10.6. The monoisotopic (exact) mass is 457 g/mol. The second kappa shape index (κ2) is 9.37. The summed E-state index contributed by atoms with van der Waals surface area (Å²) in [6.07, 6.45) is 2.78. The third kappa shape index (κ3) is 4.74. The lowest BCUT2D eigenvalue weighted by Crippen LogP contribution is -2.33. The van der Waals surface area contributed by atoms with E-state index in [1.54, 1.807) is 24.1 Å². The summed E-state index contributed by atoms with van der Waals surface area (Å²) in [5, 5.41) is 15.1. The quantitative estimate of drug-likeness (QED) is 0.467. The maximum atomic E-state index is 14.2. The first-order valence-corrected chi connectivity index (χ1v) is 10.3. The van der Waals surface area contributed by atoms with Gasteiger partial charge in [-0.1, -0.05) is 17.7 Å². The number of anilines is 4. The predicted molar refractivity (Wildman–Crippen MR) is 120 cm³/mol. The van der Waals surface area contributed by atoms with Crippen LogP contribution in [0.2, 0.25) is 5.02 Å². The minimum atomic E-state index is -0.647. The van der Waals surface area contributed by atoms with Gasteiger partial charge in [0.25, 0.3) is 5.91 Å². The Kier molecular flexibility index (Phi) is 6.38. The molecule has 3 N–H and O–H groups in total. The zero-order valence-corrected chi connectivity index (χ0v) is 17.9. The van der Waals surface area contributed by atoms with E-state index in [1.807, 2.05) is 0 Å². The van der Waals surface area contributed by atoms with Crippen LogP contribution in [0.4, 0.5) is 27.5 Å². The Labute approximate surface area is 189 Å². The van der Waals surface area contributed by atoms with Gasteiger partial charge in [0, 0.05) is 25.5 Å². The number of nitrogens with one attached hydrogen (secondary N) is 2. The van der Waals surface area contributed by atoms with Gasteiger partial charge < -0.3 is 25.4 Å². The molecule has 2 heterocycles. The van der Waals surface area contributed by atoms with E-state index in [-0.39, 0.29) is 34.2 Å². The number of hydrogen-bond acceptors (Lipinski definition) is 7. The Morgan fingerprint density at radius 3 is 2.75 bits per heavy atom. The smallest absolute Gasteiger partial charge is 0.261 e. The first-order valence-electron chi connectivity index (χ1n) is 9.95. The van der Waals surface area contributed by atoms with Crippen LogP contribution >= 0.6 is 11.6 Å². The standard InChI is InChI=1S/C22H21ClFN5O3/c1-29(18-6-3-11-32-18)20-15(21(31)27-19-16(23)4-2-5-17(19)24)12-25-22(28-20)26-13-7-9-14(30)10-8-13/h2,4-5,7-10,12,18,30H,3,6,11H2,1H3,(H,27,31)(H,25,26,28). The lowest BCUT2D eigenvalue weighted by molar-refractivity contribution is 0.102. The number of para-hydroxylation sites is 1. The lowest BCUT2D eigenvalue weighted by atomic mass is 10.2. The van der Waals surface area contributed by atoms with Crippen LogP contribution in [0.25, 0.3) is 0 Å². The number of carbonyl (C=O) groups excluding carboxylic acids is 1. The van der Waals surface area contributed by atoms with Gasteiger partial charge in [0.1, 0.15) is 29.2 Å². The van der Waals surface area contributed by atoms with E-state index in [0.717, 1.165) is 12.8 Å². The van der Waals surface area contributed by atoms with Crippen molar-refractivity contribution in [3.8, 4) is 5.75 Å². The second-order valence-electron chi connectivity index (χ2n) is 7.23. The highest BCUT2D eigenvalue weighted by atomic mass is 35.5. The van der Waals surface area contributed by atoms with Crippen LogP contribution in [0, 0.1) is 5.82 Å². The molecule has 1 saturated heterocycles. The molecule has 0 spiro atoms. The average molecular weight is 458 g/mol. The van der Waals surface area contributed by atoms with Gasteiger partial charge in [0.2, 0.25) is 5.95 Å². The van der Waals surface area contributed by atoms with Crippen LogP contribution in [-0.2, 0) is 4.74 Å². The van der Waals surface area contributed by atoms with Gasteiger partial charge in [0.15, 0.2) is 0 Å². The molecule has 1 fully saturated rings. The summed E-state index contributed by atoms with van der Waals surface area (Å²) in [5.74, 6) is -0.553. The molecule has 1 atom stereocenters. The fourth-order valence-electron chi connectivity index (χ4n) is 3.34. The Bertz CT molecular complexity index is 1100. The summed E-state index contributed by atoms with van der Waals surface area (Å²) in [5.41, 5.74) is 0.679. The largest absolute Gasteiger partial charge is 0.508 e. The van der Waals surface area contributed by atoms with Crippen LogP contribution in [0.1, 0.15) is 23.2 Å². The molecule has 0 saturated carbocycles. The summed E-state index contributed by atoms with van der Waals surface area (Å²) in [6.45, 7) is 0.616. The minimum Gasteiger partial charge on any atom is -0.508 e. The highest BCUT2D eigenvalue weighted by molar-refractivity contribution is 6.34. The summed E-state index contributed by atoms with van der Waals surface area (Å²) < 4.78 is 19.9. The number of phenolic OH excluding ortho intramolecular Hbond substituents is 1. The van der Waals surface area contributed by atoms with Crippen molar-refractivity contribution >= 4 is 40.6 Å². The van der Waals surface area contributed by atoms with Crippen LogP contribution in [-0.4, -0.2) is 40.9 Å². The number of aromatic nitrogens is 2. The predicted octanol–water partition coefficient (Wildman–Crippen LogP) is 4.54. The molecule has 32 heavy (non-hydrogen) atoms. The van der Waals surface area contributed by atoms with E-state index in [4.69, 9.17) is 16.3 Å². The first-order chi connectivity index (χ1) is 15.4. The Morgan fingerprint density at radius 2 is 2.06 bits per heavy atom. The Balaban J connectivity index is 1.66. The zero-order valence-electron chi connectivity index (χ0n) is 17.2. The molecule has 1 amide bonds. The molecule has 0 bridgehead atoms. The summed E-state index contributed by atoms with van der Waals surface area (Å²) in [7, 11) is 1.77. The number of benzene rings is 2. The number of halogens is 2. The molecule has 1 unspecified atom stereocenters. The number of nitrogens with zero attached hydrogens (tertiary/aromatic N) is 3. The maximum Gasteiger partial charge on any atom is 0.261 e. The summed E-state index contributed by atoms with van der Waals surface area (Å²) in [4.78, 5) is 23.5. The molecular formula is C22H21ClFN5O3. The van der Waals surface area contributed by atoms with Crippen molar-refractivity contribution in [2.24, 2.45) is 0 Å². The van der Waals surface area contributed by atoms with Gasteiger partial charge in [-0.15, -0.1) is 0 Å². The molecule has 2 aromatic carbocycles. The first kappa shape index (κ1) is 21.8. The van der Waals surface area contributed by atoms with Crippen molar-refractivity contribution in [1.82, 2.24) is 9.97 Å². The average Bonchev–Trinajstić information content (AvgIpc) is 3.32. The molecule has 0 aliphatic carbocycles. The van der Waals surface area contributed by atoms with E-state index in [0.29, 0.717) is 18.1 Å². The normalized spacial score (nSPS) is 15.4. The SMILES string of the molecule is CN(c1nc(Nc2ccc(O)cc2)ncc1C(=O)Nc1c(F)cccc1Cl)C1CCCO1. The third-order valence-electron chi connectivity index (χ3n) is 5.01. The second-order valence-corrected chi connectivity index (χ2v) is 7.64. The van der Waals surface area contributed by atoms with Crippen molar-refractivity contribution in [3.63, 3.8) is 0 Å². The number of aromatic hydroxyl groups is 1. The van der Waals surface area contributed by atoms with Crippen molar-refractivity contribution in [2.45, 2.75) is 19.1 Å². The molecule has 1 aliphatic rings. The number of amides is 1. The molecule has 4 rings (SSSR count). The lowest BCUT2D eigenvalue weighted by Gasteiger charge is -2.26. The topological polar surface area (TPSA) is 99.6 Å². The molecule has 0 radical (unpaired) electrons. The van der Waals surface area contributed by atoms with Crippen molar-refractivity contribution in [2.75, 3.05) is 29.2 Å². The van der Waals surface area contributed by atoms with E-state index in [2.05, 4.69) is 20.6 Å². The molecule has 1 aliphatic heterocycles. The Morgan fingerprint density at radius 1 is 1.28 bits per heavy atom. The van der Waals surface area contributed by atoms with Gasteiger partial charge in [0.05, 0.1) is 10.7 Å². The molecule has 10 heteroatoms. The fraction of sp³-hybridized carbons (Fsp3) is 0.227. The van der Waals surface area contributed by atoms with Crippen molar-refractivity contribution in [3.05, 3.63) is 65.1 Å². The van der Waals surface area contributed by atoms with E-state index >= 15 is 0 Å². The summed E-state index contributed by atoms with van der Waals surface area (Å²) >= 11 is 6.05. The van der Waals surface area contributed by atoms with Gasteiger partial charge in [-0.2, -0.15) is 4.98 Å². The highest BCUT2D eigenvalue weighted by Gasteiger charge is 2.27. The van der Waals surface area contributed by atoms with Crippen molar-refractivity contribution < 1.29 is 19.0 Å². The number of hydrogen-bond donors (Lipinski definition) is 3. The minimum absolute atomic E-state index is 0.0823. The van der Waals surface area contributed by atoms with Gasteiger partial charge in [-0.3, -0.25) is 4.79 Å². The van der Waals surface area contributed by atoms with Crippen LogP contribution in [0.15, 0.2) is 48.7 Å². The van der Waals surface area contributed by atoms with Crippen LogP contribution in [0.5, 0.6) is 5.75 Å². The molecule has 1 aromatic heterocycles. The van der Waals surface area contributed by atoms with Gasteiger partial charge in [-0.05, 0) is 49.2 Å².